The fraction of sp³-hybridized carbons (Fsp3) is 0. The molecular formula is C9H6BrFN2. The van der Waals surface area contributed by atoms with Gasteiger partial charge in [0.25, 0.3) is 0 Å². The highest BCUT2D eigenvalue weighted by Crippen LogP contribution is 2.17. The van der Waals surface area contributed by atoms with E-state index in [1.807, 2.05) is 0 Å². The Kier molecular flexibility index (Phi) is 2.14. The van der Waals surface area contributed by atoms with E-state index in [0.29, 0.717) is 5.69 Å². The third-order valence-corrected chi connectivity index (χ3v) is 2.28. The normalized spacial score (nSPS) is 10.3. The Hall–Kier alpha value is -1.16. The fourth-order valence-electron chi connectivity index (χ4n) is 1.09. The van der Waals surface area contributed by atoms with Crippen molar-refractivity contribution >= 4 is 15.9 Å². The Morgan fingerprint density at radius 3 is 2.62 bits per heavy atom. The predicted octanol–water partition coefficient (Wildman–Crippen LogP) is 2.77. The summed E-state index contributed by atoms with van der Waals surface area (Å²) < 4.78 is 15.5. The minimum Gasteiger partial charge on any atom is -0.224 e. The smallest absolute Gasteiger partial charge is 0.148 e. The van der Waals surface area contributed by atoms with Crippen LogP contribution in [0.5, 0.6) is 0 Å². The maximum atomic E-state index is 13.3. The third kappa shape index (κ3) is 1.49. The van der Waals surface area contributed by atoms with E-state index in [0.717, 1.165) is 4.60 Å². The van der Waals surface area contributed by atoms with Crippen molar-refractivity contribution in [1.29, 1.82) is 0 Å². The second-order valence-electron chi connectivity index (χ2n) is 2.52. The first-order chi connectivity index (χ1) is 6.29. The van der Waals surface area contributed by atoms with Gasteiger partial charge in [-0.1, -0.05) is 12.1 Å². The third-order valence-electron chi connectivity index (χ3n) is 1.68. The number of aromatic nitrogens is 2. The second-order valence-corrected chi connectivity index (χ2v) is 3.33. The quantitative estimate of drug-likeness (QED) is 0.750. The summed E-state index contributed by atoms with van der Waals surface area (Å²) in [6.45, 7) is 0. The van der Waals surface area contributed by atoms with Gasteiger partial charge in [-0.2, -0.15) is 5.10 Å². The molecule has 0 aliphatic carbocycles. The first-order valence-electron chi connectivity index (χ1n) is 3.73. The molecule has 4 heteroatoms. The van der Waals surface area contributed by atoms with Crippen LogP contribution < -0.4 is 0 Å². The van der Waals surface area contributed by atoms with E-state index in [1.165, 1.54) is 10.7 Å². The van der Waals surface area contributed by atoms with Crippen molar-refractivity contribution in [3.8, 4) is 5.69 Å². The lowest BCUT2D eigenvalue weighted by atomic mass is 10.3. The van der Waals surface area contributed by atoms with Gasteiger partial charge < -0.3 is 0 Å². The van der Waals surface area contributed by atoms with E-state index in [9.17, 15) is 4.39 Å². The molecular weight excluding hydrogens is 235 g/mol. The van der Waals surface area contributed by atoms with Gasteiger partial charge in [-0.15, -0.1) is 0 Å². The molecule has 1 aromatic heterocycles. The van der Waals surface area contributed by atoms with E-state index < -0.39 is 0 Å². The van der Waals surface area contributed by atoms with Gasteiger partial charge in [0.15, 0.2) is 0 Å². The van der Waals surface area contributed by atoms with Crippen LogP contribution in [0, 0.1) is 5.82 Å². The Bertz CT molecular complexity index is 425. The second kappa shape index (κ2) is 3.30. The van der Waals surface area contributed by atoms with Crippen LogP contribution in [0.3, 0.4) is 0 Å². The van der Waals surface area contributed by atoms with Crippen LogP contribution >= 0.6 is 15.9 Å². The van der Waals surface area contributed by atoms with Crippen molar-refractivity contribution in [3.63, 3.8) is 0 Å². The lowest BCUT2D eigenvalue weighted by molar-refractivity contribution is 0.609. The molecule has 0 radical (unpaired) electrons. The van der Waals surface area contributed by atoms with Crippen molar-refractivity contribution in [2.24, 2.45) is 0 Å². The molecule has 0 bridgehead atoms. The van der Waals surface area contributed by atoms with Crippen LogP contribution in [0.1, 0.15) is 0 Å². The summed E-state index contributed by atoms with van der Waals surface area (Å²) in [5, 5.41) is 3.98. The van der Waals surface area contributed by atoms with Crippen molar-refractivity contribution < 1.29 is 4.39 Å². The van der Waals surface area contributed by atoms with Gasteiger partial charge in [-0.3, -0.25) is 0 Å². The maximum absolute atomic E-state index is 13.3. The Labute approximate surface area is 83.1 Å². The summed E-state index contributed by atoms with van der Waals surface area (Å²) in [4.78, 5) is 0. The molecule has 1 aromatic carbocycles. The monoisotopic (exact) mass is 240 g/mol. The first kappa shape index (κ1) is 8.44. The molecule has 66 valence electrons. The summed E-state index contributed by atoms with van der Waals surface area (Å²) in [6.07, 6.45) is 1.61. The van der Waals surface area contributed by atoms with Gasteiger partial charge in [0, 0.05) is 0 Å². The van der Waals surface area contributed by atoms with Crippen molar-refractivity contribution in [2.45, 2.75) is 0 Å². The molecule has 0 aliphatic heterocycles. The molecule has 0 spiro atoms. The Morgan fingerprint density at radius 1 is 1.23 bits per heavy atom. The average Bonchev–Trinajstić information content (AvgIpc) is 2.52. The van der Waals surface area contributed by atoms with Crippen molar-refractivity contribution in [1.82, 2.24) is 9.78 Å². The van der Waals surface area contributed by atoms with Gasteiger partial charge in [0.2, 0.25) is 0 Å². The summed E-state index contributed by atoms with van der Waals surface area (Å²) >= 11 is 3.27. The molecule has 0 saturated heterocycles. The largest absolute Gasteiger partial charge is 0.224 e. The standard InChI is InChI=1S/C9H6BrFN2/c10-9-5-6-12-13(9)8-4-2-1-3-7(8)11/h1-6H. The lowest BCUT2D eigenvalue weighted by Gasteiger charge is -2.03. The van der Waals surface area contributed by atoms with Gasteiger partial charge in [0.05, 0.1) is 6.20 Å². The predicted molar refractivity (Wildman–Crippen MR) is 51.2 cm³/mol. The zero-order valence-corrected chi connectivity index (χ0v) is 8.20. The first-order valence-corrected chi connectivity index (χ1v) is 4.53. The summed E-state index contributed by atoms with van der Waals surface area (Å²) in [5.74, 6) is -0.285. The highest BCUT2D eigenvalue weighted by molar-refractivity contribution is 9.10. The number of nitrogens with zero attached hydrogens (tertiary/aromatic N) is 2. The van der Waals surface area contributed by atoms with Crippen LogP contribution in [0.4, 0.5) is 4.39 Å². The minimum absolute atomic E-state index is 0.285. The van der Waals surface area contributed by atoms with Gasteiger partial charge in [0.1, 0.15) is 16.1 Å². The van der Waals surface area contributed by atoms with E-state index in [2.05, 4.69) is 21.0 Å². The van der Waals surface area contributed by atoms with Crippen LogP contribution in [-0.4, -0.2) is 9.78 Å². The number of rotatable bonds is 1. The molecule has 13 heavy (non-hydrogen) atoms. The van der Waals surface area contributed by atoms with Gasteiger partial charge in [-0.05, 0) is 34.1 Å². The summed E-state index contributed by atoms with van der Waals surface area (Å²) in [5.41, 5.74) is 0.444. The van der Waals surface area contributed by atoms with Crippen LogP contribution in [0.15, 0.2) is 41.1 Å². The average molecular weight is 241 g/mol. The minimum atomic E-state index is -0.285. The van der Waals surface area contributed by atoms with E-state index in [4.69, 9.17) is 0 Å². The summed E-state index contributed by atoms with van der Waals surface area (Å²) in [6, 6.07) is 8.26. The van der Waals surface area contributed by atoms with Crippen LogP contribution in [0.2, 0.25) is 0 Å². The highest BCUT2D eigenvalue weighted by Gasteiger charge is 2.05. The zero-order chi connectivity index (χ0) is 9.26. The molecule has 2 nitrogen and oxygen atoms in total. The molecule has 2 rings (SSSR count). The summed E-state index contributed by atoms with van der Waals surface area (Å²) in [7, 11) is 0. The SMILES string of the molecule is Fc1ccccc1-n1nccc1Br. The zero-order valence-electron chi connectivity index (χ0n) is 6.61. The maximum Gasteiger partial charge on any atom is 0.148 e. The van der Waals surface area contributed by atoms with Gasteiger partial charge in [-0.25, -0.2) is 9.07 Å². The number of para-hydroxylation sites is 1. The highest BCUT2D eigenvalue weighted by atomic mass is 79.9. The van der Waals surface area contributed by atoms with Gasteiger partial charge >= 0.3 is 0 Å². The number of hydrogen-bond acceptors (Lipinski definition) is 1. The van der Waals surface area contributed by atoms with Crippen molar-refractivity contribution in [3.05, 3.63) is 46.9 Å². The molecule has 0 amide bonds. The number of hydrogen-bond donors (Lipinski definition) is 0. The molecule has 0 aliphatic rings. The lowest BCUT2D eigenvalue weighted by Crippen LogP contribution is -1.98. The number of halogens is 2. The molecule has 0 saturated carbocycles. The Morgan fingerprint density at radius 2 is 2.00 bits per heavy atom. The van der Waals surface area contributed by atoms with E-state index >= 15 is 0 Å². The molecule has 0 atom stereocenters. The molecule has 0 unspecified atom stereocenters. The van der Waals surface area contributed by atoms with Crippen LogP contribution in [0.25, 0.3) is 5.69 Å². The van der Waals surface area contributed by atoms with E-state index in [1.54, 1.807) is 30.5 Å². The molecule has 2 aromatic rings. The van der Waals surface area contributed by atoms with E-state index in [-0.39, 0.29) is 5.82 Å². The Balaban J connectivity index is 2.59. The van der Waals surface area contributed by atoms with Crippen molar-refractivity contribution in [2.75, 3.05) is 0 Å². The fourth-order valence-corrected chi connectivity index (χ4v) is 1.49. The molecule has 0 N–H and O–H groups in total. The van der Waals surface area contributed by atoms with Crippen LogP contribution in [-0.2, 0) is 0 Å². The molecule has 1 heterocycles. The number of benzene rings is 1. The molecule has 0 fully saturated rings. The topological polar surface area (TPSA) is 17.8 Å².